The highest BCUT2D eigenvalue weighted by atomic mass is 79.9. The van der Waals surface area contributed by atoms with Crippen molar-refractivity contribution < 1.29 is 8.78 Å². The molecular formula is C16H17BrF2N2. The summed E-state index contributed by atoms with van der Waals surface area (Å²) in [4.78, 5) is 4.31. The van der Waals surface area contributed by atoms with Crippen molar-refractivity contribution in [1.29, 1.82) is 0 Å². The van der Waals surface area contributed by atoms with Gasteiger partial charge < -0.3 is 5.32 Å². The molecule has 0 saturated carbocycles. The molecule has 0 bridgehead atoms. The molecule has 0 aliphatic rings. The van der Waals surface area contributed by atoms with E-state index < -0.39 is 17.7 Å². The second kappa shape index (κ2) is 7.09. The molecule has 0 spiro atoms. The normalized spacial score (nSPS) is 12.4. The Kier molecular flexibility index (Phi) is 5.42. The molecule has 1 aromatic heterocycles. The number of nitrogens with zero attached hydrogens (tertiary/aromatic N) is 1. The van der Waals surface area contributed by atoms with Gasteiger partial charge in [0.25, 0.3) is 0 Å². The maximum absolute atomic E-state index is 14.4. The third-order valence-electron chi connectivity index (χ3n) is 3.29. The molecule has 21 heavy (non-hydrogen) atoms. The first-order chi connectivity index (χ1) is 10.1. The van der Waals surface area contributed by atoms with Crippen molar-refractivity contribution in [2.75, 3.05) is 6.54 Å². The van der Waals surface area contributed by atoms with Crippen LogP contribution in [0.3, 0.4) is 0 Å². The summed E-state index contributed by atoms with van der Waals surface area (Å²) >= 11 is 3.12. The largest absolute Gasteiger partial charge is 0.305 e. The standard InChI is InChI=1S/C16H17BrF2N2/c1-3-8-20-16(15-10(2)5-4-9-21-15)13-12(18)7-6-11(17)14(13)19/h4-7,9,16,20H,3,8H2,1-2H3. The van der Waals surface area contributed by atoms with Gasteiger partial charge in [-0.1, -0.05) is 13.0 Å². The first-order valence-corrected chi connectivity index (χ1v) is 7.63. The van der Waals surface area contributed by atoms with E-state index in [9.17, 15) is 8.78 Å². The second-order valence-electron chi connectivity index (χ2n) is 4.85. The van der Waals surface area contributed by atoms with Gasteiger partial charge in [-0.05, 0) is 59.6 Å². The van der Waals surface area contributed by atoms with E-state index in [1.54, 1.807) is 6.20 Å². The van der Waals surface area contributed by atoms with Gasteiger partial charge in [0, 0.05) is 11.8 Å². The van der Waals surface area contributed by atoms with Crippen LogP contribution in [0.15, 0.2) is 34.9 Å². The third-order valence-corrected chi connectivity index (χ3v) is 3.90. The molecule has 1 atom stereocenters. The van der Waals surface area contributed by atoms with E-state index >= 15 is 0 Å². The maximum Gasteiger partial charge on any atom is 0.145 e. The van der Waals surface area contributed by atoms with Gasteiger partial charge in [-0.2, -0.15) is 0 Å². The molecule has 1 unspecified atom stereocenters. The summed E-state index contributed by atoms with van der Waals surface area (Å²) in [5.41, 5.74) is 1.53. The average Bonchev–Trinajstić information content (AvgIpc) is 2.47. The van der Waals surface area contributed by atoms with E-state index in [2.05, 4.69) is 26.2 Å². The summed E-state index contributed by atoms with van der Waals surface area (Å²) in [6, 6.07) is 5.72. The Balaban J connectivity index is 2.56. The molecule has 112 valence electrons. The summed E-state index contributed by atoms with van der Waals surface area (Å²) in [6.07, 6.45) is 2.50. The second-order valence-corrected chi connectivity index (χ2v) is 5.70. The van der Waals surface area contributed by atoms with E-state index in [1.807, 2.05) is 26.0 Å². The van der Waals surface area contributed by atoms with Crippen LogP contribution < -0.4 is 5.32 Å². The molecule has 0 amide bonds. The minimum absolute atomic E-state index is 0.000347. The van der Waals surface area contributed by atoms with Crippen LogP contribution >= 0.6 is 15.9 Å². The lowest BCUT2D eigenvalue weighted by atomic mass is 9.98. The molecule has 0 saturated heterocycles. The third kappa shape index (κ3) is 3.47. The van der Waals surface area contributed by atoms with E-state index in [1.165, 1.54) is 12.1 Å². The molecule has 0 aliphatic carbocycles. The number of benzene rings is 1. The van der Waals surface area contributed by atoms with E-state index in [0.717, 1.165) is 12.0 Å². The summed E-state index contributed by atoms with van der Waals surface area (Å²) in [5.74, 6) is -1.16. The molecule has 0 fully saturated rings. The Morgan fingerprint density at radius 3 is 2.71 bits per heavy atom. The van der Waals surface area contributed by atoms with E-state index in [-0.39, 0.29) is 10.0 Å². The first-order valence-electron chi connectivity index (χ1n) is 6.84. The monoisotopic (exact) mass is 354 g/mol. The van der Waals surface area contributed by atoms with Crippen LogP contribution in [0.4, 0.5) is 8.78 Å². The van der Waals surface area contributed by atoms with E-state index in [4.69, 9.17) is 0 Å². The van der Waals surface area contributed by atoms with Crippen LogP contribution in [-0.4, -0.2) is 11.5 Å². The van der Waals surface area contributed by atoms with Crippen molar-refractivity contribution in [3.05, 3.63) is 63.4 Å². The molecule has 0 aliphatic heterocycles. The number of rotatable bonds is 5. The molecule has 1 aromatic carbocycles. The lowest BCUT2D eigenvalue weighted by Gasteiger charge is -2.21. The number of aromatic nitrogens is 1. The van der Waals surface area contributed by atoms with Crippen molar-refractivity contribution in [3.63, 3.8) is 0 Å². The minimum Gasteiger partial charge on any atom is -0.305 e. The molecule has 0 radical (unpaired) electrons. The van der Waals surface area contributed by atoms with Crippen molar-refractivity contribution in [3.8, 4) is 0 Å². The fourth-order valence-corrected chi connectivity index (χ4v) is 2.58. The lowest BCUT2D eigenvalue weighted by molar-refractivity contribution is 0.494. The van der Waals surface area contributed by atoms with Gasteiger partial charge in [0.05, 0.1) is 16.2 Å². The zero-order valence-electron chi connectivity index (χ0n) is 12.0. The molecular weight excluding hydrogens is 338 g/mol. The number of pyridine rings is 1. The zero-order valence-corrected chi connectivity index (χ0v) is 13.5. The van der Waals surface area contributed by atoms with Crippen LogP contribution in [0.2, 0.25) is 0 Å². The number of nitrogens with one attached hydrogen (secondary N) is 1. The summed E-state index contributed by atoms with van der Waals surface area (Å²) in [7, 11) is 0. The van der Waals surface area contributed by atoms with Crippen LogP contribution in [0.5, 0.6) is 0 Å². The van der Waals surface area contributed by atoms with Crippen LogP contribution in [0.1, 0.15) is 36.2 Å². The summed E-state index contributed by atoms with van der Waals surface area (Å²) in [6.45, 7) is 4.53. The van der Waals surface area contributed by atoms with Crippen molar-refractivity contribution in [2.45, 2.75) is 26.3 Å². The van der Waals surface area contributed by atoms with E-state index in [0.29, 0.717) is 12.2 Å². The highest BCUT2D eigenvalue weighted by Crippen LogP contribution is 2.31. The molecule has 5 heteroatoms. The van der Waals surface area contributed by atoms with Gasteiger partial charge in [-0.25, -0.2) is 8.78 Å². The smallest absolute Gasteiger partial charge is 0.145 e. The van der Waals surface area contributed by atoms with Crippen LogP contribution in [0.25, 0.3) is 0 Å². The van der Waals surface area contributed by atoms with Crippen molar-refractivity contribution >= 4 is 15.9 Å². The van der Waals surface area contributed by atoms with Gasteiger partial charge in [0.2, 0.25) is 0 Å². The summed E-state index contributed by atoms with van der Waals surface area (Å²) in [5, 5.41) is 3.19. The highest BCUT2D eigenvalue weighted by molar-refractivity contribution is 9.10. The average molecular weight is 355 g/mol. The first kappa shape index (κ1) is 16.0. The van der Waals surface area contributed by atoms with Crippen LogP contribution in [-0.2, 0) is 0 Å². The predicted octanol–water partition coefficient (Wildman–Crippen LogP) is 4.52. The Bertz CT molecular complexity index is 632. The molecule has 2 rings (SSSR count). The Labute approximate surface area is 131 Å². The number of halogens is 3. The van der Waals surface area contributed by atoms with Crippen molar-refractivity contribution in [1.82, 2.24) is 10.3 Å². The Morgan fingerprint density at radius 2 is 2.05 bits per heavy atom. The van der Waals surface area contributed by atoms with Gasteiger partial charge in [0.1, 0.15) is 11.6 Å². The number of hydrogen-bond acceptors (Lipinski definition) is 2. The minimum atomic E-state index is -0.608. The molecule has 2 nitrogen and oxygen atoms in total. The predicted molar refractivity (Wildman–Crippen MR) is 83.2 cm³/mol. The fourth-order valence-electron chi connectivity index (χ4n) is 2.23. The Morgan fingerprint density at radius 1 is 1.29 bits per heavy atom. The van der Waals surface area contributed by atoms with Gasteiger partial charge >= 0.3 is 0 Å². The number of hydrogen-bond donors (Lipinski definition) is 1. The molecule has 1 heterocycles. The molecule has 1 N–H and O–H groups in total. The molecule has 2 aromatic rings. The van der Waals surface area contributed by atoms with Gasteiger partial charge in [-0.3, -0.25) is 4.98 Å². The quantitative estimate of drug-likeness (QED) is 0.798. The maximum atomic E-state index is 14.4. The van der Waals surface area contributed by atoms with Crippen molar-refractivity contribution in [2.24, 2.45) is 0 Å². The Hall–Kier alpha value is -1.33. The highest BCUT2D eigenvalue weighted by Gasteiger charge is 2.25. The topological polar surface area (TPSA) is 24.9 Å². The lowest BCUT2D eigenvalue weighted by Crippen LogP contribution is -2.27. The SMILES string of the molecule is CCCNC(c1ncccc1C)c1c(F)ccc(Br)c1F. The van der Waals surface area contributed by atoms with Crippen LogP contribution in [0, 0.1) is 18.6 Å². The van der Waals surface area contributed by atoms with Gasteiger partial charge in [-0.15, -0.1) is 0 Å². The number of aryl methyl sites for hydroxylation is 1. The zero-order chi connectivity index (χ0) is 15.4. The van der Waals surface area contributed by atoms with Gasteiger partial charge in [0.15, 0.2) is 0 Å². The fraction of sp³-hybridized carbons (Fsp3) is 0.312. The summed E-state index contributed by atoms with van der Waals surface area (Å²) < 4.78 is 28.8.